The summed E-state index contributed by atoms with van der Waals surface area (Å²) >= 11 is 1.39. The van der Waals surface area contributed by atoms with Crippen LogP contribution in [0.5, 0.6) is 0 Å². The highest BCUT2D eigenvalue weighted by Gasteiger charge is 2.16. The van der Waals surface area contributed by atoms with Gasteiger partial charge in [0.1, 0.15) is 11.6 Å². The van der Waals surface area contributed by atoms with Gasteiger partial charge in [0.2, 0.25) is 0 Å². The second kappa shape index (κ2) is 6.90. The standard InChI is InChI=1S/C14H17FO2S/c15-11-3-1-5-14(9-11)18-10-12(16)6-7-13-4-2-8-17-13/h1,3,5,9,13H,2,4,6-8,10H2. The van der Waals surface area contributed by atoms with Crippen molar-refractivity contribution < 1.29 is 13.9 Å². The van der Waals surface area contributed by atoms with Gasteiger partial charge in [0.05, 0.1) is 11.9 Å². The number of ketones is 1. The highest BCUT2D eigenvalue weighted by atomic mass is 32.2. The fourth-order valence-corrected chi connectivity index (χ4v) is 2.83. The quantitative estimate of drug-likeness (QED) is 0.739. The number of halogens is 1. The number of Topliss-reactive ketones (excluding diaryl/α,β-unsaturated/α-hetero) is 1. The summed E-state index contributed by atoms with van der Waals surface area (Å²) in [4.78, 5) is 12.5. The molecule has 1 aliphatic rings. The van der Waals surface area contributed by atoms with Gasteiger partial charge >= 0.3 is 0 Å². The molecule has 0 aromatic heterocycles. The molecule has 0 N–H and O–H groups in total. The topological polar surface area (TPSA) is 26.3 Å². The Labute approximate surface area is 111 Å². The third-order valence-electron chi connectivity index (χ3n) is 2.97. The van der Waals surface area contributed by atoms with Crippen molar-refractivity contribution in [3.05, 3.63) is 30.1 Å². The molecule has 1 aliphatic heterocycles. The number of carbonyl (C=O) groups excluding carboxylic acids is 1. The first-order valence-corrected chi connectivity index (χ1v) is 7.24. The van der Waals surface area contributed by atoms with Crippen LogP contribution >= 0.6 is 11.8 Å². The molecule has 18 heavy (non-hydrogen) atoms. The Morgan fingerprint density at radius 3 is 3.11 bits per heavy atom. The molecule has 4 heteroatoms. The molecule has 0 aliphatic carbocycles. The Hall–Kier alpha value is -0.870. The number of hydrogen-bond donors (Lipinski definition) is 0. The van der Waals surface area contributed by atoms with Gasteiger partial charge < -0.3 is 4.74 Å². The molecular weight excluding hydrogens is 251 g/mol. The van der Waals surface area contributed by atoms with Crippen molar-refractivity contribution in [1.29, 1.82) is 0 Å². The summed E-state index contributed by atoms with van der Waals surface area (Å²) < 4.78 is 18.4. The van der Waals surface area contributed by atoms with E-state index in [0.717, 1.165) is 30.8 Å². The van der Waals surface area contributed by atoms with Gasteiger partial charge in [0.25, 0.3) is 0 Å². The van der Waals surface area contributed by atoms with E-state index in [0.29, 0.717) is 12.2 Å². The Bertz CT molecular complexity index is 403. The number of benzene rings is 1. The maximum atomic E-state index is 12.9. The number of carbonyl (C=O) groups is 1. The van der Waals surface area contributed by atoms with Crippen LogP contribution in [0.1, 0.15) is 25.7 Å². The van der Waals surface area contributed by atoms with Crippen LogP contribution in [0.3, 0.4) is 0 Å². The summed E-state index contributed by atoms with van der Waals surface area (Å²) in [6.45, 7) is 0.830. The largest absolute Gasteiger partial charge is 0.378 e. The van der Waals surface area contributed by atoms with Gasteiger partial charge in [-0.05, 0) is 37.5 Å². The molecule has 0 spiro atoms. The SMILES string of the molecule is O=C(CCC1CCCO1)CSc1cccc(F)c1. The highest BCUT2D eigenvalue weighted by Crippen LogP contribution is 2.21. The molecule has 1 saturated heterocycles. The second-order valence-electron chi connectivity index (χ2n) is 4.46. The van der Waals surface area contributed by atoms with Crippen LogP contribution in [-0.4, -0.2) is 24.2 Å². The van der Waals surface area contributed by atoms with Crippen molar-refractivity contribution in [1.82, 2.24) is 0 Å². The molecule has 1 fully saturated rings. The third kappa shape index (κ3) is 4.42. The van der Waals surface area contributed by atoms with Crippen LogP contribution in [-0.2, 0) is 9.53 Å². The minimum absolute atomic E-state index is 0.208. The van der Waals surface area contributed by atoms with Crippen molar-refractivity contribution in [3.8, 4) is 0 Å². The van der Waals surface area contributed by atoms with Gasteiger partial charge in [-0.3, -0.25) is 4.79 Å². The van der Waals surface area contributed by atoms with Crippen LogP contribution in [0.15, 0.2) is 29.2 Å². The lowest BCUT2D eigenvalue weighted by Gasteiger charge is -2.07. The van der Waals surface area contributed by atoms with E-state index in [1.807, 2.05) is 6.07 Å². The third-order valence-corrected chi connectivity index (χ3v) is 4.02. The average Bonchev–Trinajstić information content (AvgIpc) is 2.87. The summed E-state index contributed by atoms with van der Waals surface area (Å²) in [7, 11) is 0. The first kappa shape index (κ1) is 13.6. The van der Waals surface area contributed by atoms with Crippen LogP contribution in [0.2, 0.25) is 0 Å². The van der Waals surface area contributed by atoms with Gasteiger partial charge in [0.15, 0.2) is 0 Å². The Morgan fingerprint density at radius 1 is 1.50 bits per heavy atom. The van der Waals surface area contributed by atoms with E-state index in [1.165, 1.54) is 23.9 Å². The lowest BCUT2D eigenvalue weighted by molar-refractivity contribution is -0.117. The fourth-order valence-electron chi connectivity index (χ4n) is 1.99. The van der Waals surface area contributed by atoms with Gasteiger partial charge in [-0.1, -0.05) is 6.07 Å². The van der Waals surface area contributed by atoms with Crippen LogP contribution < -0.4 is 0 Å². The molecule has 98 valence electrons. The molecule has 1 unspecified atom stereocenters. The van der Waals surface area contributed by atoms with E-state index in [1.54, 1.807) is 6.07 Å². The second-order valence-corrected chi connectivity index (χ2v) is 5.51. The number of ether oxygens (including phenoxy) is 1. The normalized spacial score (nSPS) is 19.1. The first-order valence-electron chi connectivity index (χ1n) is 6.26. The van der Waals surface area contributed by atoms with Crippen molar-refractivity contribution in [2.45, 2.75) is 36.7 Å². The van der Waals surface area contributed by atoms with E-state index in [9.17, 15) is 9.18 Å². The highest BCUT2D eigenvalue weighted by molar-refractivity contribution is 8.00. The summed E-state index contributed by atoms with van der Waals surface area (Å²) in [5.41, 5.74) is 0. The molecule has 1 atom stereocenters. The molecule has 0 amide bonds. The molecule has 1 heterocycles. The minimum Gasteiger partial charge on any atom is -0.378 e. The van der Waals surface area contributed by atoms with E-state index in [-0.39, 0.29) is 17.7 Å². The van der Waals surface area contributed by atoms with E-state index in [4.69, 9.17) is 4.74 Å². The van der Waals surface area contributed by atoms with Crippen molar-refractivity contribution in [2.75, 3.05) is 12.4 Å². The van der Waals surface area contributed by atoms with Crippen molar-refractivity contribution >= 4 is 17.5 Å². The Balaban J connectivity index is 1.68. The van der Waals surface area contributed by atoms with Gasteiger partial charge in [0, 0.05) is 17.9 Å². The lowest BCUT2D eigenvalue weighted by atomic mass is 10.1. The summed E-state index contributed by atoms with van der Waals surface area (Å²) in [5.74, 6) is 0.363. The summed E-state index contributed by atoms with van der Waals surface area (Å²) in [6.07, 6.45) is 3.84. The zero-order valence-corrected chi connectivity index (χ0v) is 11.0. The summed E-state index contributed by atoms with van der Waals surface area (Å²) in [5, 5.41) is 0. The zero-order chi connectivity index (χ0) is 12.8. The maximum absolute atomic E-state index is 12.9. The zero-order valence-electron chi connectivity index (χ0n) is 10.2. The number of thioether (sulfide) groups is 1. The van der Waals surface area contributed by atoms with Crippen LogP contribution in [0.25, 0.3) is 0 Å². The molecule has 2 rings (SSSR count). The van der Waals surface area contributed by atoms with Gasteiger partial charge in [-0.2, -0.15) is 0 Å². The number of hydrogen-bond acceptors (Lipinski definition) is 3. The van der Waals surface area contributed by atoms with Crippen molar-refractivity contribution in [2.24, 2.45) is 0 Å². The first-order chi connectivity index (χ1) is 8.74. The number of rotatable bonds is 6. The predicted octanol–water partition coefficient (Wildman–Crippen LogP) is 3.45. The molecule has 2 nitrogen and oxygen atoms in total. The Kier molecular flexibility index (Phi) is 5.20. The minimum atomic E-state index is -0.258. The Morgan fingerprint density at radius 2 is 2.39 bits per heavy atom. The smallest absolute Gasteiger partial charge is 0.143 e. The molecular formula is C14H17FO2S. The van der Waals surface area contributed by atoms with Crippen LogP contribution in [0.4, 0.5) is 4.39 Å². The molecule has 1 aromatic rings. The van der Waals surface area contributed by atoms with E-state index in [2.05, 4.69) is 0 Å². The summed E-state index contributed by atoms with van der Waals surface area (Å²) in [6, 6.07) is 6.34. The monoisotopic (exact) mass is 268 g/mol. The fraction of sp³-hybridized carbons (Fsp3) is 0.500. The van der Waals surface area contributed by atoms with Crippen molar-refractivity contribution in [3.63, 3.8) is 0 Å². The molecule has 1 aromatic carbocycles. The molecule has 0 saturated carbocycles. The maximum Gasteiger partial charge on any atom is 0.143 e. The van der Waals surface area contributed by atoms with E-state index >= 15 is 0 Å². The molecule has 0 radical (unpaired) electrons. The van der Waals surface area contributed by atoms with E-state index < -0.39 is 0 Å². The predicted molar refractivity (Wildman–Crippen MR) is 70.3 cm³/mol. The lowest BCUT2D eigenvalue weighted by Crippen LogP contribution is -2.09. The average molecular weight is 268 g/mol. The van der Waals surface area contributed by atoms with Gasteiger partial charge in [-0.15, -0.1) is 11.8 Å². The van der Waals surface area contributed by atoms with Gasteiger partial charge in [-0.25, -0.2) is 4.39 Å². The molecule has 0 bridgehead atoms. The van der Waals surface area contributed by atoms with Crippen LogP contribution in [0, 0.1) is 5.82 Å².